The molecule has 2 atom stereocenters. The Labute approximate surface area is 167 Å². The van der Waals surface area contributed by atoms with Gasteiger partial charge in [0.2, 0.25) is 17.7 Å². The Morgan fingerprint density at radius 3 is 2.96 bits per heavy atom. The molecule has 0 aliphatic carbocycles. The number of piperidine rings is 1. The standard InChI is InChI=1S/C20H22N4O3S/c1-12-8-13-4-2-3-5-16(13)24(12)18(26)9-15-11-28-20(22-15)23-19(27)14-6-7-17(25)21-10-14/h2-5,11-12,14H,6-10H2,1H3,(H,21,25)(H,22,23,27). The van der Waals surface area contributed by atoms with E-state index in [2.05, 4.69) is 21.7 Å². The summed E-state index contributed by atoms with van der Waals surface area (Å²) in [6.07, 6.45) is 1.97. The number of rotatable bonds is 4. The summed E-state index contributed by atoms with van der Waals surface area (Å²) in [5.74, 6) is -0.393. The molecule has 1 fully saturated rings. The summed E-state index contributed by atoms with van der Waals surface area (Å²) < 4.78 is 0. The first kappa shape index (κ1) is 18.6. The van der Waals surface area contributed by atoms with Gasteiger partial charge in [-0.15, -0.1) is 11.3 Å². The molecule has 2 aliphatic heterocycles. The molecule has 2 unspecified atom stereocenters. The minimum Gasteiger partial charge on any atom is -0.355 e. The predicted octanol–water partition coefficient (Wildman–Crippen LogP) is 2.13. The Kier molecular flexibility index (Phi) is 5.13. The second-order valence-electron chi connectivity index (χ2n) is 7.30. The molecule has 28 heavy (non-hydrogen) atoms. The van der Waals surface area contributed by atoms with Crippen LogP contribution in [0, 0.1) is 5.92 Å². The molecule has 4 rings (SSSR count). The first-order valence-corrected chi connectivity index (χ1v) is 10.3. The summed E-state index contributed by atoms with van der Waals surface area (Å²) >= 11 is 1.31. The van der Waals surface area contributed by atoms with Gasteiger partial charge in [0.25, 0.3) is 0 Å². The largest absolute Gasteiger partial charge is 0.355 e. The number of amides is 3. The van der Waals surface area contributed by atoms with Crippen molar-refractivity contribution < 1.29 is 14.4 Å². The molecule has 7 nitrogen and oxygen atoms in total. The molecule has 1 saturated heterocycles. The summed E-state index contributed by atoms with van der Waals surface area (Å²) in [6.45, 7) is 2.40. The molecule has 1 aromatic heterocycles. The minimum absolute atomic E-state index is 0.00983. The summed E-state index contributed by atoms with van der Waals surface area (Å²) in [4.78, 5) is 42.6. The SMILES string of the molecule is CC1Cc2ccccc2N1C(=O)Cc1csc(NC(=O)C2CCC(=O)NC2)n1. The highest BCUT2D eigenvalue weighted by molar-refractivity contribution is 7.13. The van der Waals surface area contributed by atoms with Crippen molar-refractivity contribution >= 4 is 39.9 Å². The lowest BCUT2D eigenvalue weighted by molar-refractivity contribution is -0.126. The van der Waals surface area contributed by atoms with E-state index < -0.39 is 0 Å². The van der Waals surface area contributed by atoms with Crippen molar-refractivity contribution in [3.63, 3.8) is 0 Å². The number of nitrogens with zero attached hydrogens (tertiary/aromatic N) is 2. The van der Waals surface area contributed by atoms with Gasteiger partial charge in [0.1, 0.15) is 0 Å². The van der Waals surface area contributed by atoms with Crippen molar-refractivity contribution in [3.8, 4) is 0 Å². The Balaban J connectivity index is 1.38. The molecule has 2 aromatic rings. The fourth-order valence-electron chi connectivity index (χ4n) is 3.80. The first-order chi connectivity index (χ1) is 13.5. The molecule has 0 radical (unpaired) electrons. The van der Waals surface area contributed by atoms with Gasteiger partial charge in [-0.25, -0.2) is 4.98 Å². The Morgan fingerprint density at radius 1 is 1.36 bits per heavy atom. The van der Waals surface area contributed by atoms with Crippen LogP contribution in [0.15, 0.2) is 29.6 Å². The molecule has 146 valence electrons. The van der Waals surface area contributed by atoms with E-state index in [9.17, 15) is 14.4 Å². The fourth-order valence-corrected chi connectivity index (χ4v) is 4.51. The maximum atomic E-state index is 12.9. The van der Waals surface area contributed by atoms with Gasteiger partial charge in [-0.1, -0.05) is 18.2 Å². The number of anilines is 2. The molecule has 2 aliphatic rings. The number of para-hydroxylation sites is 1. The summed E-state index contributed by atoms with van der Waals surface area (Å²) in [5, 5.41) is 7.81. The molecule has 3 amide bonds. The molecule has 8 heteroatoms. The highest BCUT2D eigenvalue weighted by atomic mass is 32.1. The Morgan fingerprint density at radius 2 is 2.18 bits per heavy atom. The zero-order valence-corrected chi connectivity index (χ0v) is 16.4. The predicted molar refractivity (Wildman–Crippen MR) is 107 cm³/mol. The lowest BCUT2D eigenvalue weighted by Gasteiger charge is -2.22. The Hall–Kier alpha value is -2.74. The molecular formula is C20H22N4O3S. The van der Waals surface area contributed by atoms with Crippen LogP contribution in [-0.2, 0) is 27.2 Å². The van der Waals surface area contributed by atoms with Crippen LogP contribution >= 0.6 is 11.3 Å². The van der Waals surface area contributed by atoms with Crippen LogP contribution in [0.2, 0.25) is 0 Å². The van der Waals surface area contributed by atoms with Crippen molar-refractivity contribution in [1.82, 2.24) is 10.3 Å². The zero-order chi connectivity index (χ0) is 19.7. The van der Waals surface area contributed by atoms with E-state index in [1.54, 1.807) is 0 Å². The van der Waals surface area contributed by atoms with Gasteiger partial charge in [-0.3, -0.25) is 14.4 Å². The quantitative estimate of drug-likeness (QED) is 0.825. The van der Waals surface area contributed by atoms with Crippen LogP contribution in [0.3, 0.4) is 0 Å². The molecule has 2 N–H and O–H groups in total. The maximum absolute atomic E-state index is 12.9. The van der Waals surface area contributed by atoms with E-state index >= 15 is 0 Å². The number of fused-ring (bicyclic) bond motifs is 1. The van der Waals surface area contributed by atoms with Gasteiger partial charge in [-0.2, -0.15) is 0 Å². The normalized spacial score (nSPS) is 21.2. The van der Waals surface area contributed by atoms with Crippen LogP contribution in [0.25, 0.3) is 0 Å². The highest BCUT2D eigenvalue weighted by Gasteiger charge is 2.31. The van der Waals surface area contributed by atoms with Crippen molar-refractivity contribution in [2.75, 3.05) is 16.8 Å². The number of aromatic nitrogens is 1. The summed E-state index contributed by atoms with van der Waals surface area (Å²) in [6, 6.07) is 8.10. The van der Waals surface area contributed by atoms with E-state index in [4.69, 9.17) is 0 Å². The number of carbonyl (C=O) groups is 3. The number of carbonyl (C=O) groups excluding carboxylic acids is 3. The third-order valence-corrected chi connectivity index (χ3v) is 6.03. The van der Waals surface area contributed by atoms with E-state index in [0.29, 0.717) is 30.2 Å². The maximum Gasteiger partial charge on any atom is 0.233 e. The van der Waals surface area contributed by atoms with Crippen LogP contribution in [-0.4, -0.2) is 35.3 Å². The second-order valence-corrected chi connectivity index (χ2v) is 8.15. The summed E-state index contributed by atoms with van der Waals surface area (Å²) in [5.41, 5.74) is 2.82. The van der Waals surface area contributed by atoms with Crippen LogP contribution < -0.4 is 15.5 Å². The van der Waals surface area contributed by atoms with Crippen molar-refractivity contribution in [2.45, 2.75) is 38.6 Å². The average molecular weight is 398 g/mol. The zero-order valence-electron chi connectivity index (χ0n) is 15.6. The number of hydrogen-bond acceptors (Lipinski definition) is 5. The smallest absolute Gasteiger partial charge is 0.233 e. The second kappa shape index (κ2) is 7.71. The van der Waals surface area contributed by atoms with E-state index in [0.717, 1.165) is 12.1 Å². The molecular weight excluding hydrogens is 376 g/mol. The van der Waals surface area contributed by atoms with Gasteiger partial charge in [0, 0.05) is 30.1 Å². The van der Waals surface area contributed by atoms with Crippen LogP contribution in [0.5, 0.6) is 0 Å². The fraction of sp³-hybridized carbons (Fsp3) is 0.400. The van der Waals surface area contributed by atoms with Crippen molar-refractivity contribution in [2.24, 2.45) is 5.92 Å². The van der Waals surface area contributed by atoms with Crippen LogP contribution in [0.4, 0.5) is 10.8 Å². The van der Waals surface area contributed by atoms with Crippen molar-refractivity contribution in [3.05, 3.63) is 40.9 Å². The monoisotopic (exact) mass is 398 g/mol. The molecule has 1 aromatic carbocycles. The number of benzene rings is 1. The average Bonchev–Trinajstić information content (AvgIpc) is 3.24. The van der Waals surface area contributed by atoms with Crippen LogP contribution in [0.1, 0.15) is 31.0 Å². The van der Waals surface area contributed by atoms with E-state index in [-0.39, 0.29) is 36.1 Å². The number of hydrogen-bond donors (Lipinski definition) is 2. The minimum atomic E-state index is -0.242. The molecule has 3 heterocycles. The van der Waals surface area contributed by atoms with Gasteiger partial charge in [0.05, 0.1) is 18.0 Å². The number of thiazole rings is 1. The summed E-state index contributed by atoms with van der Waals surface area (Å²) in [7, 11) is 0. The van der Waals surface area contributed by atoms with Gasteiger partial charge in [-0.05, 0) is 31.4 Å². The first-order valence-electron chi connectivity index (χ1n) is 9.43. The van der Waals surface area contributed by atoms with Gasteiger partial charge in [0.15, 0.2) is 5.13 Å². The topological polar surface area (TPSA) is 91.4 Å². The molecule has 0 spiro atoms. The van der Waals surface area contributed by atoms with Gasteiger partial charge < -0.3 is 15.5 Å². The Bertz CT molecular complexity index is 916. The molecule has 0 saturated carbocycles. The van der Waals surface area contributed by atoms with Gasteiger partial charge >= 0.3 is 0 Å². The lowest BCUT2D eigenvalue weighted by atomic mass is 9.98. The van der Waals surface area contributed by atoms with E-state index in [1.165, 1.54) is 16.9 Å². The highest BCUT2D eigenvalue weighted by Crippen LogP contribution is 2.32. The third-order valence-electron chi connectivity index (χ3n) is 5.23. The lowest BCUT2D eigenvalue weighted by Crippen LogP contribution is -2.40. The number of nitrogens with one attached hydrogen (secondary N) is 2. The van der Waals surface area contributed by atoms with Crippen molar-refractivity contribution in [1.29, 1.82) is 0 Å². The third kappa shape index (κ3) is 3.77. The molecule has 0 bridgehead atoms. The van der Waals surface area contributed by atoms with E-state index in [1.807, 2.05) is 35.4 Å².